The monoisotopic (exact) mass is 791 g/mol. The third-order valence-electron chi connectivity index (χ3n) is 12.0. The van der Waals surface area contributed by atoms with E-state index in [1.165, 1.54) is 38.4 Å². The molecule has 5 heteroatoms. The normalized spacial score (nSPS) is 11.5. The molecule has 62 heavy (non-hydrogen) atoms. The highest BCUT2D eigenvalue weighted by molar-refractivity contribution is 6.15. The molecule has 0 fully saturated rings. The summed E-state index contributed by atoms with van der Waals surface area (Å²) < 4.78 is 4.78. The zero-order valence-electron chi connectivity index (χ0n) is 33.6. The number of aromatic nitrogens is 5. The van der Waals surface area contributed by atoms with Crippen molar-refractivity contribution in [2.75, 3.05) is 0 Å². The molecule has 12 rings (SSSR count). The van der Waals surface area contributed by atoms with Crippen LogP contribution in [0.2, 0.25) is 0 Å². The van der Waals surface area contributed by atoms with Crippen LogP contribution >= 0.6 is 0 Å². The van der Waals surface area contributed by atoms with Gasteiger partial charge >= 0.3 is 0 Å². The molecule has 0 aliphatic rings. The highest BCUT2D eigenvalue weighted by atomic mass is 15.1. The Labute approximate surface area is 358 Å². The Hall–Kier alpha value is -8.41. The van der Waals surface area contributed by atoms with Gasteiger partial charge in [-0.05, 0) is 76.9 Å². The van der Waals surface area contributed by atoms with Crippen LogP contribution in [0.15, 0.2) is 224 Å². The van der Waals surface area contributed by atoms with Crippen LogP contribution in [0.3, 0.4) is 0 Å². The van der Waals surface area contributed by atoms with E-state index >= 15 is 0 Å². The van der Waals surface area contributed by atoms with Crippen LogP contribution in [-0.2, 0) is 0 Å². The Morgan fingerprint density at radius 1 is 0.258 bits per heavy atom. The Morgan fingerprint density at radius 2 is 0.677 bits per heavy atom. The Balaban J connectivity index is 1.22. The minimum absolute atomic E-state index is 0.594. The van der Waals surface area contributed by atoms with Crippen LogP contribution < -0.4 is 0 Å². The first-order valence-electron chi connectivity index (χ1n) is 20.9. The molecule has 0 aliphatic carbocycles. The van der Waals surface area contributed by atoms with Crippen molar-refractivity contribution in [3.05, 3.63) is 224 Å². The number of fused-ring (bicyclic) bond motifs is 6. The van der Waals surface area contributed by atoms with E-state index < -0.39 is 0 Å². The van der Waals surface area contributed by atoms with Gasteiger partial charge in [-0.25, -0.2) is 15.0 Å². The number of rotatable bonds is 7. The molecule has 0 saturated carbocycles. The second-order valence-corrected chi connectivity index (χ2v) is 15.6. The summed E-state index contributed by atoms with van der Waals surface area (Å²) >= 11 is 0. The van der Waals surface area contributed by atoms with Gasteiger partial charge in [0.2, 0.25) is 0 Å². The van der Waals surface area contributed by atoms with Crippen molar-refractivity contribution in [3.8, 4) is 67.8 Å². The molecule has 0 N–H and O–H groups in total. The average molecular weight is 792 g/mol. The molecule has 3 heterocycles. The largest absolute Gasteiger partial charge is 0.309 e. The summed E-state index contributed by atoms with van der Waals surface area (Å²) in [6, 6.07) is 79.4. The average Bonchev–Trinajstić information content (AvgIpc) is 3.86. The lowest BCUT2D eigenvalue weighted by molar-refractivity contribution is 1.06. The standard InChI is InChI=1S/C57H37N5/c1-6-18-38(19-7-1)42-30-32-51-46(34-42)47-35-43(39-20-8-2-9-21-39)31-33-52(47)62(51)54-36-48-45-28-16-17-29-50(45)61(44-26-14-5-15-27-44)53(48)37-49(54)57-59-55(40-22-10-3-11-23-40)58-56(60-57)41-24-12-4-13-25-41/h1-37H. The van der Waals surface area contributed by atoms with Crippen LogP contribution in [-0.4, -0.2) is 24.1 Å². The lowest BCUT2D eigenvalue weighted by Gasteiger charge is -2.16. The van der Waals surface area contributed by atoms with Gasteiger partial charge in [-0.2, -0.15) is 0 Å². The summed E-state index contributed by atoms with van der Waals surface area (Å²) in [4.78, 5) is 15.8. The molecule has 3 aromatic heterocycles. The quantitative estimate of drug-likeness (QED) is 0.162. The Kier molecular flexibility index (Phi) is 8.42. The number of hydrogen-bond donors (Lipinski definition) is 0. The topological polar surface area (TPSA) is 48.5 Å². The van der Waals surface area contributed by atoms with E-state index in [9.17, 15) is 0 Å². The molecule has 0 aliphatic heterocycles. The Morgan fingerprint density at radius 3 is 1.21 bits per heavy atom. The summed E-state index contributed by atoms with van der Waals surface area (Å²) in [6.07, 6.45) is 0. The van der Waals surface area contributed by atoms with Gasteiger partial charge in [-0.3, -0.25) is 0 Å². The molecule has 0 unspecified atom stereocenters. The van der Waals surface area contributed by atoms with Crippen molar-refractivity contribution in [1.82, 2.24) is 24.1 Å². The van der Waals surface area contributed by atoms with Crippen LogP contribution in [0.1, 0.15) is 0 Å². The minimum Gasteiger partial charge on any atom is -0.309 e. The van der Waals surface area contributed by atoms with E-state index in [4.69, 9.17) is 15.0 Å². The number of para-hydroxylation sites is 2. The molecule has 0 atom stereocenters. The van der Waals surface area contributed by atoms with Crippen LogP contribution in [0.5, 0.6) is 0 Å². The fourth-order valence-corrected chi connectivity index (χ4v) is 9.06. The summed E-state index contributed by atoms with van der Waals surface area (Å²) in [5, 5.41) is 4.65. The van der Waals surface area contributed by atoms with Crippen LogP contribution in [0.4, 0.5) is 0 Å². The zero-order chi connectivity index (χ0) is 41.0. The maximum Gasteiger partial charge on any atom is 0.166 e. The van der Waals surface area contributed by atoms with Crippen molar-refractivity contribution in [2.24, 2.45) is 0 Å². The molecular weight excluding hydrogens is 755 g/mol. The smallest absolute Gasteiger partial charge is 0.166 e. The van der Waals surface area contributed by atoms with Crippen molar-refractivity contribution >= 4 is 43.6 Å². The van der Waals surface area contributed by atoms with Gasteiger partial charge in [0, 0.05) is 43.9 Å². The summed E-state index contributed by atoms with van der Waals surface area (Å²) in [7, 11) is 0. The summed E-state index contributed by atoms with van der Waals surface area (Å²) in [6.45, 7) is 0. The van der Waals surface area contributed by atoms with Crippen LogP contribution in [0, 0.1) is 0 Å². The maximum absolute atomic E-state index is 5.36. The van der Waals surface area contributed by atoms with Gasteiger partial charge in [-0.1, -0.05) is 170 Å². The van der Waals surface area contributed by atoms with Gasteiger partial charge in [0.1, 0.15) is 0 Å². The molecule has 9 aromatic carbocycles. The summed E-state index contributed by atoms with van der Waals surface area (Å²) in [5.41, 5.74) is 13.9. The lowest BCUT2D eigenvalue weighted by Crippen LogP contribution is -2.04. The van der Waals surface area contributed by atoms with Crippen molar-refractivity contribution in [1.29, 1.82) is 0 Å². The predicted octanol–water partition coefficient (Wildman–Crippen LogP) is 14.4. The zero-order valence-corrected chi connectivity index (χ0v) is 33.6. The van der Waals surface area contributed by atoms with E-state index in [0.29, 0.717) is 17.5 Å². The highest BCUT2D eigenvalue weighted by Gasteiger charge is 2.24. The Bertz CT molecular complexity index is 3440. The first kappa shape index (κ1) is 35.5. The molecular formula is C57H37N5. The molecule has 12 aromatic rings. The first-order valence-corrected chi connectivity index (χ1v) is 20.9. The molecule has 0 radical (unpaired) electrons. The lowest BCUT2D eigenvalue weighted by atomic mass is 10.0. The SMILES string of the molecule is c1ccc(-c2ccc3c(c2)c2cc(-c4ccccc4)ccc2n3-c2cc3c4ccccc4n(-c4ccccc4)c3cc2-c2nc(-c3ccccc3)nc(-c3ccccc3)n2)cc1. The van der Waals surface area contributed by atoms with Crippen molar-refractivity contribution in [3.63, 3.8) is 0 Å². The fraction of sp³-hybridized carbons (Fsp3) is 0. The van der Waals surface area contributed by atoms with E-state index in [1.54, 1.807) is 0 Å². The van der Waals surface area contributed by atoms with Gasteiger partial charge < -0.3 is 9.13 Å². The summed E-state index contributed by atoms with van der Waals surface area (Å²) in [5.74, 6) is 1.83. The number of hydrogen-bond acceptors (Lipinski definition) is 3. The molecule has 0 bridgehead atoms. The maximum atomic E-state index is 5.36. The molecule has 0 amide bonds. The molecule has 290 valence electrons. The third kappa shape index (κ3) is 5.98. The van der Waals surface area contributed by atoms with Crippen molar-refractivity contribution in [2.45, 2.75) is 0 Å². The first-order chi connectivity index (χ1) is 30.7. The van der Waals surface area contributed by atoms with E-state index in [1.807, 2.05) is 36.4 Å². The highest BCUT2D eigenvalue weighted by Crippen LogP contribution is 2.43. The van der Waals surface area contributed by atoms with Crippen LogP contribution in [0.25, 0.3) is 111 Å². The fourth-order valence-electron chi connectivity index (χ4n) is 9.06. The number of nitrogens with zero attached hydrogens (tertiary/aromatic N) is 5. The number of benzene rings is 9. The molecule has 0 saturated heterocycles. The second-order valence-electron chi connectivity index (χ2n) is 15.6. The van der Waals surface area contributed by atoms with Gasteiger partial charge in [-0.15, -0.1) is 0 Å². The second kappa shape index (κ2) is 14.7. The van der Waals surface area contributed by atoms with Gasteiger partial charge in [0.05, 0.1) is 27.8 Å². The van der Waals surface area contributed by atoms with Gasteiger partial charge in [0.25, 0.3) is 0 Å². The van der Waals surface area contributed by atoms with E-state index in [2.05, 4.69) is 197 Å². The van der Waals surface area contributed by atoms with Gasteiger partial charge in [0.15, 0.2) is 17.5 Å². The van der Waals surface area contributed by atoms with E-state index in [0.717, 1.165) is 55.5 Å². The predicted molar refractivity (Wildman–Crippen MR) is 256 cm³/mol. The third-order valence-corrected chi connectivity index (χ3v) is 12.0. The van der Waals surface area contributed by atoms with Crippen molar-refractivity contribution < 1.29 is 0 Å². The van der Waals surface area contributed by atoms with E-state index in [-0.39, 0.29) is 0 Å². The minimum atomic E-state index is 0.594. The molecule has 0 spiro atoms. The molecule has 5 nitrogen and oxygen atoms in total.